The average Bonchev–Trinajstić information content (AvgIpc) is 2.88. The Morgan fingerprint density at radius 2 is 1.85 bits per heavy atom. The van der Waals surface area contributed by atoms with Gasteiger partial charge >= 0.3 is 0 Å². The van der Waals surface area contributed by atoms with Crippen molar-refractivity contribution in [1.29, 1.82) is 0 Å². The van der Waals surface area contributed by atoms with Crippen molar-refractivity contribution in [2.45, 2.75) is 33.1 Å². The van der Waals surface area contributed by atoms with Gasteiger partial charge < -0.3 is 15.2 Å². The molecule has 0 saturated carbocycles. The molecule has 1 saturated heterocycles. The van der Waals surface area contributed by atoms with Crippen LogP contribution in [0, 0.1) is 13.8 Å². The third-order valence-corrected chi connectivity index (χ3v) is 4.11. The van der Waals surface area contributed by atoms with E-state index in [0.717, 1.165) is 35.7 Å². The number of benzene rings is 1. The van der Waals surface area contributed by atoms with Crippen LogP contribution in [0.25, 0.3) is 11.1 Å². The number of nitrogens with two attached hydrogens (primary N) is 1. The van der Waals surface area contributed by atoms with E-state index in [1.165, 1.54) is 30.5 Å². The Labute approximate surface area is 119 Å². The van der Waals surface area contributed by atoms with Gasteiger partial charge in [0.25, 0.3) is 0 Å². The lowest BCUT2D eigenvalue weighted by Crippen LogP contribution is -2.30. The summed E-state index contributed by atoms with van der Waals surface area (Å²) in [5.74, 6) is 0.832. The van der Waals surface area contributed by atoms with Crippen LogP contribution in [-0.4, -0.2) is 18.2 Å². The molecule has 2 aromatic rings. The molecule has 0 aliphatic carbocycles. The summed E-state index contributed by atoms with van der Waals surface area (Å²) < 4.78 is 5.16. The number of aryl methyl sites for hydroxylation is 2. The van der Waals surface area contributed by atoms with Gasteiger partial charge in [-0.3, -0.25) is 0 Å². The molecule has 4 nitrogen and oxygen atoms in total. The van der Waals surface area contributed by atoms with Crippen molar-refractivity contribution in [2.24, 2.45) is 0 Å². The summed E-state index contributed by atoms with van der Waals surface area (Å²) in [4.78, 5) is 2.40. The van der Waals surface area contributed by atoms with Crippen LogP contribution in [0.3, 0.4) is 0 Å². The molecule has 2 N–H and O–H groups in total. The van der Waals surface area contributed by atoms with E-state index in [0.29, 0.717) is 0 Å². The Morgan fingerprint density at radius 1 is 1.10 bits per heavy atom. The van der Waals surface area contributed by atoms with Gasteiger partial charge in [-0.1, -0.05) is 5.16 Å². The van der Waals surface area contributed by atoms with Crippen LogP contribution >= 0.6 is 0 Å². The van der Waals surface area contributed by atoms with Gasteiger partial charge in [-0.25, -0.2) is 0 Å². The first-order valence-electron chi connectivity index (χ1n) is 7.23. The number of nitrogen functional groups attached to an aromatic ring is 1. The summed E-state index contributed by atoms with van der Waals surface area (Å²) in [6.07, 6.45) is 5.60. The number of anilines is 2. The highest BCUT2D eigenvalue weighted by Crippen LogP contribution is 2.35. The molecule has 1 aliphatic rings. The first-order chi connectivity index (χ1) is 9.66. The highest BCUT2D eigenvalue weighted by molar-refractivity contribution is 5.79. The molecule has 0 spiro atoms. The molecule has 3 rings (SSSR count). The Bertz CT molecular complexity index is 612. The molecule has 106 valence electrons. The number of hydrogen-bond donors (Lipinski definition) is 1. The minimum Gasteiger partial charge on any atom is -0.397 e. The maximum atomic E-state index is 6.28. The van der Waals surface area contributed by atoms with E-state index in [-0.39, 0.29) is 0 Å². The zero-order valence-corrected chi connectivity index (χ0v) is 12.1. The SMILES string of the molecule is Cc1cc(N2CCCCC2)c(N)cc1-c1cnoc1C. The molecular weight excluding hydrogens is 250 g/mol. The number of aromatic nitrogens is 1. The van der Waals surface area contributed by atoms with Crippen LogP contribution in [0.4, 0.5) is 11.4 Å². The van der Waals surface area contributed by atoms with Crippen molar-refractivity contribution in [1.82, 2.24) is 5.16 Å². The van der Waals surface area contributed by atoms with E-state index in [4.69, 9.17) is 10.3 Å². The van der Waals surface area contributed by atoms with E-state index in [9.17, 15) is 0 Å². The second-order valence-corrected chi connectivity index (χ2v) is 5.57. The minimum atomic E-state index is 0.832. The van der Waals surface area contributed by atoms with Crippen molar-refractivity contribution < 1.29 is 4.52 Å². The van der Waals surface area contributed by atoms with Crippen LogP contribution < -0.4 is 10.6 Å². The normalized spacial score (nSPS) is 15.6. The third kappa shape index (κ3) is 2.26. The molecule has 1 aromatic heterocycles. The van der Waals surface area contributed by atoms with Crippen molar-refractivity contribution in [2.75, 3.05) is 23.7 Å². The molecular formula is C16H21N3O. The molecule has 0 radical (unpaired) electrons. The molecule has 1 aliphatic heterocycles. The third-order valence-electron chi connectivity index (χ3n) is 4.11. The van der Waals surface area contributed by atoms with Gasteiger partial charge in [-0.15, -0.1) is 0 Å². The number of nitrogens with zero attached hydrogens (tertiary/aromatic N) is 2. The molecule has 1 fully saturated rings. The van der Waals surface area contributed by atoms with Crippen molar-refractivity contribution in [3.05, 3.63) is 29.7 Å². The quantitative estimate of drug-likeness (QED) is 0.849. The summed E-state index contributed by atoms with van der Waals surface area (Å²) in [5, 5.41) is 3.85. The zero-order valence-electron chi connectivity index (χ0n) is 12.1. The van der Waals surface area contributed by atoms with E-state index in [1.807, 2.05) is 6.92 Å². The van der Waals surface area contributed by atoms with Gasteiger partial charge in [0, 0.05) is 18.7 Å². The van der Waals surface area contributed by atoms with Gasteiger partial charge in [0.2, 0.25) is 0 Å². The van der Waals surface area contributed by atoms with Gasteiger partial charge in [0.05, 0.1) is 17.6 Å². The summed E-state index contributed by atoms with van der Waals surface area (Å²) in [6.45, 7) is 6.26. The van der Waals surface area contributed by atoms with E-state index < -0.39 is 0 Å². The van der Waals surface area contributed by atoms with Crippen LogP contribution in [0.1, 0.15) is 30.6 Å². The fraction of sp³-hybridized carbons (Fsp3) is 0.438. The predicted molar refractivity (Wildman–Crippen MR) is 81.9 cm³/mol. The highest BCUT2D eigenvalue weighted by Gasteiger charge is 2.17. The van der Waals surface area contributed by atoms with E-state index in [2.05, 4.69) is 29.1 Å². The van der Waals surface area contributed by atoms with Crippen molar-refractivity contribution >= 4 is 11.4 Å². The second-order valence-electron chi connectivity index (χ2n) is 5.57. The Kier molecular flexibility index (Phi) is 3.38. The highest BCUT2D eigenvalue weighted by atomic mass is 16.5. The van der Waals surface area contributed by atoms with Crippen molar-refractivity contribution in [3.8, 4) is 11.1 Å². The lowest BCUT2D eigenvalue weighted by molar-refractivity contribution is 0.398. The largest absolute Gasteiger partial charge is 0.397 e. The van der Waals surface area contributed by atoms with Gasteiger partial charge in [0.15, 0.2) is 0 Å². The Balaban J connectivity index is 2.00. The lowest BCUT2D eigenvalue weighted by Gasteiger charge is -2.30. The molecule has 20 heavy (non-hydrogen) atoms. The van der Waals surface area contributed by atoms with E-state index in [1.54, 1.807) is 6.20 Å². The lowest BCUT2D eigenvalue weighted by atomic mass is 9.99. The molecule has 2 heterocycles. The molecule has 1 aromatic carbocycles. The number of piperidine rings is 1. The molecule has 0 bridgehead atoms. The summed E-state index contributed by atoms with van der Waals surface area (Å²) in [5.41, 5.74) is 11.6. The van der Waals surface area contributed by atoms with Gasteiger partial charge in [-0.2, -0.15) is 0 Å². The maximum Gasteiger partial charge on any atom is 0.141 e. The van der Waals surface area contributed by atoms with Crippen LogP contribution in [0.15, 0.2) is 22.9 Å². The predicted octanol–water partition coefficient (Wildman–Crippen LogP) is 3.53. The fourth-order valence-electron chi connectivity index (χ4n) is 2.97. The van der Waals surface area contributed by atoms with Gasteiger partial charge in [-0.05, 0) is 56.4 Å². The summed E-state index contributed by atoms with van der Waals surface area (Å²) in [7, 11) is 0. The monoisotopic (exact) mass is 271 g/mol. The number of rotatable bonds is 2. The van der Waals surface area contributed by atoms with Crippen LogP contribution in [0.2, 0.25) is 0 Å². The van der Waals surface area contributed by atoms with E-state index >= 15 is 0 Å². The van der Waals surface area contributed by atoms with Gasteiger partial charge in [0.1, 0.15) is 5.76 Å². The minimum absolute atomic E-state index is 0.832. The van der Waals surface area contributed by atoms with Crippen molar-refractivity contribution in [3.63, 3.8) is 0 Å². The molecule has 0 unspecified atom stereocenters. The van der Waals surface area contributed by atoms with Crippen LogP contribution in [0.5, 0.6) is 0 Å². The Hall–Kier alpha value is -1.97. The molecule has 0 atom stereocenters. The van der Waals surface area contributed by atoms with Crippen LogP contribution in [-0.2, 0) is 0 Å². The topological polar surface area (TPSA) is 55.3 Å². The molecule has 4 heteroatoms. The second kappa shape index (κ2) is 5.19. The first kappa shape index (κ1) is 13.0. The Morgan fingerprint density at radius 3 is 2.50 bits per heavy atom. The summed E-state index contributed by atoms with van der Waals surface area (Å²) in [6, 6.07) is 4.25. The first-order valence-corrected chi connectivity index (χ1v) is 7.23. The maximum absolute atomic E-state index is 6.28. The number of hydrogen-bond acceptors (Lipinski definition) is 4. The summed E-state index contributed by atoms with van der Waals surface area (Å²) >= 11 is 0. The smallest absolute Gasteiger partial charge is 0.141 e. The fourth-order valence-corrected chi connectivity index (χ4v) is 2.97. The molecule has 0 amide bonds. The standard InChI is InChI=1S/C16H21N3O/c1-11-8-16(19-6-4-3-5-7-19)15(17)9-13(11)14-10-18-20-12(14)2/h8-10H,3-7,17H2,1-2H3. The average molecular weight is 271 g/mol. The zero-order chi connectivity index (χ0) is 14.1.